The number of nitrogens with zero attached hydrogens (tertiary/aromatic N) is 1. The molecule has 0 radical (unpaired) electrons. The predicted molar refractivity (Wildman–Crippen MR) is 57.9 cm³/mol. The summed E-state index contributed by atoms with van der Waals surface area (Å²) >= 11 is 0. The fourth-order valence-electron chi connectivity index (χ4n) is 1.86. The van der Waals surface area contributed by atoms with Crippen molar-refractivity contribution in [1.82, 2.24) is 5.32 Å². The molecule has 2 nitrogen and oxygen atoms in total. The second kappa shape index (κ2) is 4.45. The van der Waals surface area contributed by atoms with Gasteiger partial charge < -0.3 is 5.32 Å². The van der Waals surface area contributed by atoms with E-state index in [0.717, 1.165) is 12.2 Å². The Bertz CT molecular complexity index is 200. The first kappa shape index (κ1) is 10.3. The lowest BCUT2D eigenvalue weighted by Gasteiger charge is -2.26. The predicted octanol–water partition coefficient (Wildman–Crippen LogP) is 2.86. The van der Waals surface area contributed by atoms with Gasteiger partial charge in [-0.05, 0) is 26.2 Å². The molecular formula is C11H20N2. The molecule has 0 atom stereocenters. The number of hydrogen-bond acceptors (Lipinski definition) is 2. The zero-order valence-electron chi connectivity index (χ0n) is 8.77. The summed E-state index contributed by atoms with van der Waals surface area (Å²) in [6.45, 7) is 8.23. The van der Waals surface area contributed by atoms with Crippen LogP contribution in [-0.4, -0.2) is 11.8 Å². The van der Waals surface area contributed by atoms with Crippen molar-refractivity contribution in [3.8, 4) is 0 Å². The van der Waals surface area contributed by atoms with Gasteiger partial charge in [0.25, 0.3) is 0 Å². The molecule has 2 heteroatoms. The van der Waals surface area contributed by atoms with E-state index in [0.29, 0.717) is 0 Å². The Morgan fingerprint density at radius 2 is 2.15 bits per heavy atom. The van der Waals surface area contributed by atoms with Gasteiger partial charge in [0.1, 0.15) is 5.82 Å². The third-order valence-corrected chi connectivity index (χ3v) is 2.58. The highest BCUT2D eigenvalue weighted by Gasteiger charge is 2.28. The average molecular weight is 180 g/mol. The molecule has 74 valence electrons. The Hall–Kier alpha value is -0.790. The van der Waals surface area contributed by atoms with Crippen molar-refractivity contribution < 1.29 is 0 Å². The van der Waals surface area contributed by atoms with Crippen molar-refractivity contribution in [3.05, 3.63) is 12.4 Å². The first-order chi connectivity index (χ1) is 6.16. The van der Waals surface area contributed by atoms with Crippen LogP contribution in [-0.2, 0) is 0 Å². The van der Waals surface area contributed by atoms with Gasteiger partial charge in [0.05, 0.1) is 0 Å². The lowest BCUT2D eigenvalue weighted by atomic mass is 10.0. The zero-order valence-corrected chi connectivity index (χ0v) is 8.77. The quantitative estimate of drug-likeness (QED) is 0.661. The van der Waals surface area contributed by atoms with E-state index in [1.165, 1.54) is 25.7 Å². The van der Waals surface area contributed by atoms with Crippen LogP contribution in [0.3, 0.4) is 0 Å². The Balaban J connectivity index is 2.38. The highest BCUT2D eigenvalue weighted by atomic mass is 15.1. The largest absolute Gasteiger partial charge is 0.365 e. The van der Waals surface area contributed by atoms with Crippen LogP contribution < -0.4 is 5.32 Å². The van der Waals surface area contributed by atoms with Gasteiger partial charge >= 0.3 is 0 Å². The molecule has 13 heavy (non-hydrogen) atoms. The van der Waals surface area contributed by atoms with E-state index in [-0.39, 0.29) is 5.54 Å². The SMILES string of the molecule is C=C(/N=C\CC)NC1(C)CCCC1. The van der Waals surface area contributed by atoms with E-state index in [1.54, 1.807) is 0 Å². The molecule has 0 aromatic rings. The van der Waals surface area contributed by atoms with Crippen LogP contribution in [0.25, 0.3) is 0 Å². The van der Waals surface area contributed by atoms with Crippen molar-refractivity contribution in [2.75, 3.05) is 0 Å². The van der Waals surface area contributed by atoms with Crippen molar-refractivity contribution in [1.29, 1.82) is 0 Å². The van der Waals surface area contributed by atoms with E-state index in [2.05, 4.69) is 30.7 Å². The van der Waals surface area contributed by atoms with Crippen LogP contribution in [0.2, 0.25) is 0 Å². The summed E-state index contributed by atoms with van der Waals surface area (Å²) < 4.78 is 0. The molecule has 1 aliphatic carbocycles. The molecule has 1 saturated carbocycles. The molecule has 1 rings (SSSR count). The maximum atomic E-state index is 4.22. The second-order valence-corrected chi connectivity index (χ2v) is 4.06. The molecule has 0 aromatic carbocycles. The standard InChI is InChI=1S/C11H20N2/c1-4-9-12-10(2)13-11(3)7-5-6-8-11/h9,13H,2,4-8H2,1,3H3/b12-9-. The van der Waals surface area contributed by atoms with Gasteiger partial charge in [0.2, 0.25) is 0 Å². The minimum atomic E-state index is 0.252. The summed E-state index contributed by atoms with van der Waals surface area (Å²) in [7, 11) is 0. The van der Waals surface area contributed by atoms with E-state index >= 15 is 0 Å². The molecule has 0 amide bonds. The summed E-state index contributed by atoms with van der Waals surface area (Å²) in [5.41, 5.74) is 0.252. The highest BCUT2D eigenvalue weighted by Crippen LogP contribution is 2.29. The van der Waals surface area contributed by atoms with Gasteiger partial charge in [-0.25, -0.2) is 4.99 Å². The fraction of sp³-hybridized carbons (Fsp3) is 0.727. The summed E-state index contributed by atoms with van der Waals surface area (Å²) in [6, 6.07) is 0. The number of rotatable bonds is 4. The molecule has 1 fully saturated rings. The van der Waals surface area contributed by atoms with Gasteiger partial charge in [0.15, 0.2) is 0 Å². The summed E-state index contributed by atoms with van der Waals surface area (Å²) in [4.78, 5) is 4.22. The molecule has 1 N–H and O–H groups in total. The van der Waals surface area contributed by atoms with Gasteiger partial charge in [-0.2, -0.15) is 0 Å². The zero-order chi connectivity index (χ0) is 9.73. The van der Waals surface area contributed by atoms with Crippen molar-refractivity contribution in [3.63, 3.8) is 0 Å². The lowest BCUT2D eigenvalue weighted by molar-refractivity contribution is 0.401. The first-order valence-electron chi connectivity index (χ1n) is 5.16. The Morgan fingerprint density at radius 1 is 1.54 bits per heavy atom. The number of aliphatic imine (C=N–C) groups is 1. The average Bonchev–Trinajstić information content (AvgIpc) is 2.48. The van der Waals surface area contributed by atoms with Crippen LogP contribution >= 0.6 is 0 Å². The van der Waals surface area contributed by atoms with Gasteiger partial charge in [-0.3, -0.25) is 0 Å². The Labute approximate surface area is 81.1 Å². The third-order valence-electron chi connectivity index (χ3n) is 2.58. The van der Waals surface area contributed by atoms with Crippen molar-refractivity contribution in [2.24, 2.45) is 4.99 Å². The minimum absolute atomic E-state index is 0.252. The molecule has 0 unspecified atom stereocenters. The van der Waals surface area contributed by atoms with Gasteiger partial charge in [-0.1, -0.05) is 26.3 Å². The smallest absolute Gasteiger partial charge is 0.118 e. The highest BCUT2D eigenvalue weighted by molar-refractivity contribution is 5.58. The van der Waals surface area contributed by atoms with Crippen LogP contribution in [0, 0.1) is 0 Å². The molecular weight excluding hydrogens is 160 g/mol. The van der Waals surface area contributed by atoms with Crippen molar-refractivity contribution in [2.45, 2.75) is 51.5 Å². The monoisotopic (exact) mass is 180 g/mol. The van der Waals surface area contributed by atoms with Crippen LogP contribution in [0.5, 0.6) is 0 Å². The normalized spacial score (nSPS) is 20.8. The summed E-state index contributed by atoms with van der Waals surface area (Å²) in [5, 5.41) is 3.40. The summed E-state index contributed by atoms with van der Waals surface area (Å²) in [6.07, 6.45) is 8.01. The molecule has 0 aromatic heterocycles. The van der Waals surface area contributed by atoms with Gasteiger partial charge in [-0.15, -0.1) is 0 Å². The van der Waals surface area contributed by atoms with Crippen molar-refractivity contribution >= 4 is 6.21 Å². The molecule has 0 aliphatic heterocycles. The summed E-state index contributed by atoms with van der Waals surface area (Å²) in [5.74, 6) is 0.811. The van der Waals surface area contributed by atoms with Crippen LogP contribution in [0.4, 0.5) is 0 Å². The minimum Gasteiger partial charge on any atom is -0.365 e. The Kier molecular flexibility index (Phi) is 3.52. The number of nitrogens with one attached hydrogen (secondary N) is 1. The lowest BCUT2D eigenvalue weighted by Crippen LogP contribution is -2.37. The van der Waals surface area contributed by atoms with Crippen LogP contribution in [0.1, 0.15) is 46.0 Å². The van der Waals surface area contributed by atoms with E-state index in [9.17, 15) is 0 Å². The van der Waals surface area contributed by atoms with E-state index in [4.69, 9.17) is 0 Å². The first-order valence-corrected chi connectivity index (χ1v) is 5.16. The molecule has 0 heterocycles. The molecule has 0 bridgehead atoms. The molecule has 0 saturated heterocycles. The molecule has 1 aliphatic rings. The maximum absolute atomic E-state index is 4.22. The Morgan fingerprint density at radius 3 is 2.69 bits per heavy atom. The van der Waals surface area contributed by atoms with Crippen LogP contribution in [0.15, 0.2) is 17.4 Å². The maximum Gasteiger partial charge on any atom is 0.118 e. The third kappa shape index (κ3) is 3.21. The molecule has 0 spiro atoms. The van der Waals surface area contributed by atoms with E-state index in [1.807, 2.05) is 6.21 Å². The second-order valence-electron chi connectivity index (χ2n) is 4.06. The number of hydrogen-bond donors (Lipinski definition) is 1. The fourth-order valence-corrected chi connectivity index (χ4v) is 1.86. The van der Waals surface area contributed by atoms with E-state index < -0.39 is 0 Å². The topological polar surface area (TPSA) is 24.4 Å². The van der Waals surface area contributed by atoms with Gasteiger partial charge in [0, 0.05) is 11.8 Å².